The number of carbonyl (C=O) groups is 1. The lowest BCUT2D eigenvalue weighted by atomic mass is 10.0. The zero-order valence-electron chi connectivity index (χ0n) is 22.1. The van der Waals surface area contributed by atoms with E-state index in [0.717, 1.165) is 12.1 Å². The van der Waals surface area contributed by atoms with Crippen LogP contribution in [0.4, 0.5) is 28.9 Å². The molecule has 2 aliphatic rings. The first-order valence-electron chi connectivity index (χ1n) is 12.9. The van der Waals surface area contributed by atoms with Crippen molar-refractivity contribution < 1.29 is 41.7 Å². The zero-order valence-corrected chi connectivity index (χ0v) is 22.1. The molecule has 0 saturated carbocycles. The van der Waals surface area contributed by atoms with Gasteiger partial charge in [0.15, 0.2) is 6.17 Å². The fourth-order valence-corrected chi connectivity index (χ4v) is 4.61. The lowest BCUT2D eigenvalue weighted by molar-refractivity contribution is -0.230. The largest absolute Gasteiger partial charge is 0.440 e. The molecule has 2 fully saturated rings. The Labute approximate surface area is 233 Å². The standard InChI is InChI=1S/C28H28F4N4O5/c1-17-22(13-21(15-33-17)35-25(37)18-3-2-4-20(11-18)28(30,31)32)19-12-23(36-6-9-39-10-7-36)26(34-14-19)41-27(38)5-8-40-16-24(27)29/h2-4,11-15,24,38H,5-10,16H2,1H3,(H,35,37). The topological polar surface area (TPSA) is 106 Å². The highest BCUT2D eigenvalue weighted by atomic mass is 19.4. The maximum absolute atomic E-state index is 14.6. The minimum absolute atomic E-state index is 0.0438. The van der Waals surface area contributed by atoms with Crippen molar-refractivity contribution in [2.45, 2.75) is 31.5 Å². The number of rotatable bonds is 6. The van der Waals surface area contributed by atoms with Crippen LogP contribution in [0.15, 0.2) is 48.8 Å². The summed E-state index contributed by atoms with van der Waals surface area (Å²) in [6.07, 6.45) is -3.53. The highest BCUT2D eigenvalue weighted by molar-refractivity contribution is 6.04. The third-order valence-electron chi connectivity index (χ3n) is 6.92. The second kappa shape index (κ2) is 11.6. The van der Waals surface area contributed by atoms with Crippen molar-refractivity contribution in [2.24, 2.45) is 0 Å². The van der Waals surface area contributed by atoms with E-state index in [1.165, 1.54) is 24.5 Å². The lowest BCUT2D eigenvalue weighted by Crippen LogP contribution is -2.52. The van der Waals surface area contributed by atoms with Crippen LogP contribution in [0.3, 0.4) is 0 Å². The van der Waals surface area contributed by atoms with Crippen molar-refractivity contribution in [1.29, 1.82) is 0 Å². The minimum Gasteiger partial charge on any atom is -0.440 e. The molecule has 2 aliphatic heterocycles. The number of anilines is 2. The molecule has 5 rings (SSSR count). The molecule has 0 bridgehead atoms. The van der Waals surface area contributed by atoms with Crippen LogP contribution in [0.2, 0.25) is 0 Å². The number of amides is 1. The summed E-state index contributed by atoms with van der Waals surface area (Å²) in [5.74, 6) is -2.78. The van der Waals surface area contributed by atoms with E-state index in [-0.39, 0.29) is 36.8 Å². The predicted octanol–water partition coefficient (Wildman–Crippen LogP) is 4.39. The Balaban J connectivity index is 1.45. The maximum atomic E-state index is 14.6. The molecule has 2 N–H and O–H groups in total. The number of carbonyl (C=O) groups excluding carboxylic acids is 1. The van der Waals surface area contributed by atoms with Crippen LogP contribution in [0.1, 0.15) is 28.0 Å². The third kappa shape index (κ3) is 6.42. The van der Waals surface area contributed by atoms with Gasteiger partial charge in [-0.1, -0.05) is 6.07 Å². The van der Waals surface area contributed by atoms with Gasteiger partial charge in [0.2, 0.25) is 11.7 Å². The number of morpholine rings is 1. The van der Waals surface area contributed by atoms with Crippen LogP contribution < -0.4 is 15.0 Å². The van der Waals surface area contributed by atoms with Gasteiger partial charge in [0.05, 0.1) is 43.9 Å². The number of benzene rings is 1. The average Bonchev–Trinajstić information content (AvgIpc) is 2.96. The quantitative estimate of drug-likeness (QED) is 0.329. The number of hydrogen-bond acceptors (Lipinski definition) is 8. The number of hydrogen-bond donors (Lipinski definition) is 2. The van der Waals surface area contributed by atoms with Crippen molar-refractivity contribution in [3.05, 3.63) is 65.6 Å². The molecule has 2 atom stereocenters. The predicted molar refractivity (Wildman–Crippen MR) is 141 cm³/mol. The summed E-state index contributed by atoms with van der Waals surface area (Å²) in [4.78, 5) is 23.5. The number of aliphatic hydroxyl groups is 1. The van der Waals surface area contributed by atoms with Crippen LogP contribution in [-0.4, -0.2) is 72.5 Å². The number of nitrogens with one attached hydrogen (secondary N) is 1. The highest BCUT2D eigenvalue weighted by Gasteiger charge is 2.44. The Morgan fingerprint density at radius 2 is 1.90 bits per heavy atom. The van der Waals surface area contributed by atoms with E-state index in [1.807, 2.05) is 4.90 Å². The van der Waals surface area contributed by atoms with E-state index in [4.69, 9.17) is 14.2 Å². The molecule has 0 aliphatic carbocycles. The summed E-state index contributed by atoms with van der Waals surface area (Å²) >= 11 is 0. The first-order valence-corrected chi connectivity index (χ1v) is 12.9. The lowest BCUT2D eigenvalue weighted by Gasteiger charge is -2.36. The molecule has 2 aromatic heterocycles. The number of nitrogens with zero attached hydrogens (tertiary/aromatic N) is 3. The van der Waals surface area contributed by atoms with Crippen LogP contribution in [0.5, 0.6) is 5.88 Å². The molecule has 13 heteroatoms. The summed E-state index contributed by atoms with van der Waals surface area (Å²) in [7, 11) is 0. The van der Waals surface area contributed by atoms with Crippen LogP contribution in [-0.2, 0) is 15.7 Å². The molecule has 41 heavy (non-hydrogen) atoms. The van der Waals surface area contributed by atoms with Gasteiger partial charge < -0.3 is 29.5 Å². The summed E-state index contributed by atoms with van der Waals surface area (Å²) in [6.45, 7) is 3.50. The van der Waals surface area contributed by atoms with E-state index in [0.29, 0.717) is 48.8 Å². The van der Waals surface area contributed by atoms with Gasteiger partial charge >= 0.3 is 6.18 Å². The Kier molecular flexibility index (Phi) is 8.11. The molecule has 4 heterocycles. The van der Waals surface area contributed by atoms with Crippen LogP contribution in [0.25, 0.3) is 11.1 Å². The van der Waals surface area contributed by atoms with Gasteiger partial charge in [-0.2, -0.15) is 13.2 Å². The maximum Gasteiger partial charge on any atom is 0.416 e. The molecule has 1 amide bonds. The van der Waals surface area contributed by atoms with Gasteiger partial charge in [-0.15, -0.1) is 0 Å². The molecular weight excluding hydrogens is 548 g/mol. The zero-order chi connectivity index (χ0) is 29.2. The van der Waals surface area contributed by atoms with E-state index in [9.17, 15) is 27.5 Å². The fourth-order valence-electron chi connectivity index (χ4n) is 4.61. The molecule has 2 saturated heterocycles. The minimum atomic E-state index is -4.58. The molecule has 0 radical (unpaired) electrons. The summed E-state index contributed by atoms with van der Waals surface area (Å²) in [5, 5.41) is 13.4. The fraction of sp³-hybridized carbons (Fsp3) is 0.393. The molecule has 3 aromatic rings. The molecular formula is C28H28F4N4O5. The second-order valence-corrected chi connectivity index (χ2v) is 9.78. The van der Waals surface area contributed by atoms with Crippen LogP contribution >= 0.6 is 0 Å². The van der Waals surface area contributed by atoms with Crippen molar-refractivity contribution in [1.82, 2.24) is 9.97 Å². The number of aryl methyl sites for hydroxylation is 1. The van der Waals surface area contributed by atoms with Gasteiger partial charge in [0.1, 0.15) is 5.69 Å². The summed E-state index contributed by atoms with van der Waals surface area (Å²) < 4.78 is 70.2. The van der Waals surface area contributed by atoms with Crippen molar-refractivity contribution >= 4 is 17.3 Å². The monoisotopic (exact) mass is 576 g/mol. The molecule has 0 spiro atoms. The number of aromatic nitrogens is 2. The molecule has 1 aromatic carbocycles. The number of ether oxygens (including phenoxy) is 3. The molecule has 9 nitrogen and oxygen atoms in total. The van der Waals surface area contributed by atoms with Gasteiger partial charge in [0.25, 0.3) is 5.91 Å². The normalized spacial score (nSPS) is 21.4. The Morgan fingerprint density at radius 1 is 1.12 bits per heavy atom. The van der Waals surface area contributed by atoms with Crippen molar-refractivity contribution in [2.75, 3.05) is 49.7 Å². The smallest absolute Gasteiger partial charge is 0.416 e. The average molecular weight is 577 g/mol. The van der Waals surface area contributed by atoms with E-state index < -0.39 is 29.6 Å². The highest BCUT2D eigenvalue weighted by Crippen LogP contribution is 2.37. The molecule has 218 valence electrons. The van der Waals surface area contributed by atoms with E-state index >= 15 is 0 Å². The SMILES string of the molecule is Cc1ncc(NC(=O)c2cccc(C(F)(F)F)c2)cc1-c1cnc(OC2(O)CCOCC2F)c(N2CCOCC2)c1. The first kappa shape index (κ1) is 28.7. The Hall–Kier alpha value is -3.81. The first-order chi connectivity index (χ1) is 19.5. The number of halogens is 4. The van der Waals surface area contributed by atoms with Gasteiger partial charge in [-0.25, -0.2) is 9.37 Å². The number of pyridine rings is 2. The van der Waals surface area contributed by atoms with Crippen molar-refractivity contribution in [3.63, 3.8) is 0 Å². The molecule has 2 unspecified atom stereocenters. The summed E-state index contributed by atoms with van der Waals surface area (Å²) in [6, 6.07) is 7.54. The van der Waals surface area contributed by atoms with Crippen LogP contribution in [0, 0.1) is 6.92 Å². The van der Waals surface area contributed by atoms with Gasteiger partial charge in [-0.05, 0) is 37.3 Å². The Morgan fingerprint density at radius 3 is 2.63 bits per heavy atom. The summed E-state index contributed by atoms with van der Waals surface area (Å²) in [5.41, 5.74) is 1.47. The Bertz CT molecular complexity index is 1420. The van der Waals surface area contributed by atoms with Gasteiger partial charge in [0, 0.05) is 48.1 Å². The number of alkyl halides is 4. The van der Waals surface area contributed by atoms with Gasteiger partial charge in [-0.3, -0.25) is 9.78 Å². The van der Waals surface area contributed by atoms with E-state index in [1.54, 1.807) is 19.1 Å². The van der Waals surface area contributed by atoms with Crippen molar-refractivity contribution in [3.8, 4) is 17.0 Å². The third-order valence-corrected chi connectivity index (χ3v) is 6.92. The second-order valence-electron chi connectivity index (χ2n) is 9.78. The van der Waals surface area contributed by atoms with E-state index in [2.05, 4.69) is 15.3 Å².